The molecular formula is C4H10BrNO. The molecule has 0 amide bonds. The molecule has 0 spiro atoms. The van der Waals surface area contributed by atoms with Gasteiger partial charge in [0.05, 0.1) is 6.54 Å². The minimum Gasteiger partial charge on any atom is -0.303 e. The summed E-state index contributed by atoms with van der Waals surface area (Å²) in [6.07, 6.45) is 0.875. The highest BCUT2D eigenvalue weighted by Gasteiger charge is 1.79. The SMILES string of the molecule is Br.CN(C)CC=O. The quantitative estimate of drug-likeness (QED) is 0.553. The first-order chi connectivity index (χ1) is 2.77. The Balaban J connectivity index is 0. The van der Waals surface area contributed by atoms with Crippen LogP contribution in [0.2, 0.25) is 0 Å². The van der Waals surface area contributed by atoms with E-state index in [1.165, 1.54) is 0 Å². The molecule has 0 atom stereocenters. The van der Waals surface area contributed by atoms with Crippen molar-refractivity contribution in [1.29, 1.82) is 0 Å². The van der Waals surface area contributed by atoms with Crippen LogP contribution in [-0.2, 0) is 4.79 Å². The van der Waals surface area contributed by atoms with E-state index in [-0.39, 0.29) is 17.0 Å². The number of hydrogen-bond acceptors (Lipinski definition) is 2. The normalized spacial score (nSPS) is 7.86. The van der Waals surface area contributed by atoms with Crippen molar-refractivity contribution in [3.05, 3.63) is 0 Å². The molecule has 0 aromatic heterocycles. The fourth-order valence-electron chi connectivity index (χ4n) is 0.149. The van der Waals surface area contributed by atoms with Gasteiger partial charge in [-0.1, -0.05) is 0 Å². The van der Waals surface area contributed by atoms with Crippen molar-refractivity contribution in [3.63, 3.8) is 0 Å². The van der Waals surface area contributed by atoms with Crippen LogP contribution in [0.5, 0.6) is 0 Å². The molecule has 0 N–H and O–H groups in total. The van der Waals surface area contributed by atoms with Gasteiger partial charge >= 0.3 is 0 Å². The second-order valence-electron chi connectivity index (χ2n) is 1.43. The standard InChI is InChI=1S/C4H9NO.BrH/c1-5(2)3-4-6;/h4H,3H2,1-2H3;1H. The third-order valence-electron chi connectivity index (χ3n) is 0.440. The van der Waals surface area contributed by atoms with E-state index in [1.54, 1.807) is 0 Å². The molecule has 0 aliphatic carbocycles. The van der Waals surface area contributed by atoms with Crippen LogP contribution in [0, 0.1) is 0 Å². The van der Waals surface area contributed by atoms with Crippen molar-refractivity contribution in [1.82, 2.24) is 4.90 Å². The van der Waals surface area contributed by atoms with Crippen molar-refractivity contribution in [2.24, 2.45) is 0 Å². The average molecular weight is 168 g/mol. The van der Waals surface area contributed by atoms with Crippen molar-refractivity contribution in [2.75, 3.05) is 20.6 Å². The lowest BCUT2D eigenvalue weighted by atomic mass is 10.7. The lowest BCUT2D eigenvalue weighted by molar-refractivity contribution is -0.108. The van der Waals surface area contributed by atoms with Crippen LogP contribution in [-0.4, -0.2) is 31.8 Å². The van der Waals surface area contributed by atoms with Crippen molar-refractivity contribution in [3.8, 4) is 0 Å². The summed E-state index contributed by atoms with van der Waals surface area (Å²) in [5.74, 6) is 0. The Labute approximate surface area is 54.3 Å². The van der Waals surface area contributed by atoms with Gasteiger partial charge in [-0.3, -0.25) is 0 Å². The van der Waals surface area contributed by atoms with Crippen molar-refractivity contribution >= 4 is 23.3 Å². The van der Waals surface area contributed by atoms with Gasteiger partial charge in [0.1, 0.15) is 6.29 Å². The van der Waals surface area contributed by atoms with Crippen LogP contribution in [0.4, 0.5) is 0 Å². The van der Waals surface area contributed by atoms with Gasteiger partial charge in [-0.15, -0.1) is 17.0 Å². The van der Waals surface area contributed by atoms with Crippen LogP contribution in [0.1, 0.15) is 0 Å². The summed E-state index contributed by atoms with van der Waals surface area (Å²) in [5.41, 5.74) is 0. The highest BCUT2D eigenvalue weighted by molar-refractivity contribution is 8.93. The molecule has 0 aliphatic rings. The minimum atomic E-state index is 0. The maximum Gasteiger partial charge on any atom is 0.133 e. The van der Waals surface area contributed by atoms with E-state index in [0.717, 1.165) is 6.29 Å². The maximum absolute atomic E-state index is 9.57. The lowest BCUT2D eigenvalue weighted by Gasteiger charge is -1.99. The molecule has 0 aliphatic heterocycles. The number of nitrogens with zero attached hydrogens (tertiary/aromatic N) is 1. The van der Waals surface area contributed by atoms with Gasteiger partial charge in [0.15, 0.2) is 0 Å². The predicted octanol–water partition coefficient (Wildman–Crippen LogP) is 0.325. The summed E-state index contributed by atoms with van der Waals surface area (Å²) in [5, 5.41) is 0. The van der Waals surface area contributed by atoms with Crippen LogP contribution in [0.15, 0.2) is 0 Å². The monoisotopic (exact) mass is 167 g/mol. The molecule has 44 valence electrons. The van der Waals surface area contributed by atoms with E-state index in [2.05, 4.69) is 0 Å². The number of halogens is 1. The Kier molecular flexibility index (Phi) is 8.87. The summed E-state index contributed by atoms with van der Waals surface area (Å²) in [6.45, 7) is 0.528. The zero-order chi connectivity index (χ0) is 4.99. The summed E-state index contributed by atoms with van der Waals surface area (Å²) >= 11 is 0. The fourth-order valence-corrected chi connectivity index (χ4v) is 0.149. The fraction of sp³-hybridized carbons (Fsp3) is 0.750. The molecule has 0 rings (SSSR count). The Morgan fingerprint density at radius 2 is 2.00 bits per heavy atom. The topological polar surface area (TPSA) is 20.3 Å². The second-order valence-corrected chi connectivity index (χ2v) is 1.43. The average Bonchev–Trinajstić information content (AvgIpc) is 1.35. The molecule has 2 nitrogen and oxygen atoms in total. The molecule has 0 aromatic carbocycles. The van der Waals surface area contributed by atoms with E-state index in [4.69, 9.17) is 0 Å². The molecule has 7 heavy (non-hydrogen) atoms. The third kappa shape index (κ3) is 10.7. The molecule has 3 heteroatoms. The zero-order valence-corrected chi connectivity index (χ0v) is 6.26. The largest absolute Gasteiger partial charge is 0.303 e. The number of carbonyl (C=O) groups is 1. The molecule has 0 saturated heterocycles. The molecule has 0 unspecified atom stereocenters. The van der Waals surface area contributed by atoms with Crippen LogP contribution in [0.3, 0.4) is 0 Å². The molecular weight excluding hydrogens is 158 g/mol. The highest BCUT2D eigenvalue weighted by Crippen LogP contribution is 1.62. The van der Waals surface area contributed by atoms with Gasteiger partial charge in [0, 0.05) is 0 Å². The second kappa shape index (κ2) is 6.11. The van der Waals surface area contributed by atoms with Gasteiger partial charge in [-0.2, -0.15) is 0 Å². The zero-order valence-electron chi connectivity index (χ0n) is 4.55. The van der Waals surface area contributed by atoms with Gasteiger partial charge in [0.2, 0.25) is 0 Å². The Hall–Kier alpha value is 0.110. The summed E-state index contributed by atoms with van der Waals surface area (Å²) in [4.78, 5) is 11.4. The number of rotatable bonds is 2. The van der Waals surface area contributed by atoms with E-state index in [9.17, 15) is 4.79 Å². The predicted molar refractivity (Wildman–Crippen MR) is 34.9 cm³/mol. The summed E-state index contributed by atoms with van der Waals surface area (Å²) in [6, 6.07) is 0. The van der Waals surface area contributed by atoms with E-state index in [0.29, 0.717) is 6.54 Å². The first-order valence-corrected chi connectivity index (χ1v) is 1.85. The smallest absolute Gasteiger partial charge is 0.133 e. The number of aldehydes is 1. The lowest BCUT2D eigenvalue weighted by Crippen LogP contribution is -2.13. The van der Waals surface area contributed by atoms with Gasteiger partial charge in [-0.05, 0) is 14.1 Å². The molecule has 0 radical (unpaired) electrons. The first kappa shape index (κ1) is 10.2. The number of carbonyl (C=O) groups excluding carboxylic acids is 1. The first-order valence-electron chi connectivity index (χ1n) is 1.85. The Morgan fingerprint density at radius 1 is 1.57 bits per heavy atom. The summed E-state index contributed by atoms with van der Waals surface area (Å²) in [7, 11) is 3.71. The number of hydrogen-bond donors (Lipinski definition) is 0. The molecule has 0 heterocycles. The molecule has 0 fully saturated rings. The maximum atomic E-state index is 9.57. The van der Waals surface area contributed by atoms with Crippen LogP contribution in [0.25, 0.3) is 0 Å². The molecule has 0 aromatic rings. The van der Waals surface area contributed by atoms with E-state index in [1.807, 2.05) is 19.0 Å². The molecule has 0 saturated carbocycles. The summed E-state index contributed by atoms with van der Waals surface area (Å²) < 4.78 is 0. The highest BCUT2D eigenvalue weighted by atomic mass is 79.9. The van der Waals surface area contributed by atoms with Gasteiger partial charge in [-0.25, -0.2) is 0 Å². The van der Waals surface area contributed by atoms with Crippen molar-refractivity contribution in [2.45, 2.75) is 0 Å². The molecule has 0 bridgehead atoms. The van der Waals surface area contributed by atoms with E-state index >= 15 is 0 Å². The third-order valence-corrected chi connectivity index (χ3v) is 0.440. The Bertz CT molecular complexity index is 47.0. The van der Waals surface area contributed by atoms with Crippen molar-refractivity contribution < 1.29 is 4.79 Å². The van der Waals surface area contributed by atoms with Crippen LogP contribution < -0.4 is 0 Å². The minimum absolute atomic E-state index is 0. The van der Waals surface area contributed by atoms with E-state index < -0.39 is 0 Å². The van der Waals surface area contributed by atoms with Crippen LogP contribution >= 0.6 is 17.0 Å². The Morgan fingerprint density at radius 3 is 2.00 bits per heavy atom. The number of likely N-dealkylation sites (N-methyl/N-ethyl adjacent to an activating group) is 1. The van der Waals surface area contributed by atoms with Gasteiger partial charge < -0.3 is 9.69 Å². The van der Waals surface area contributed by atoms with Gasteiger partial charge in [0.25, 0.3) is 0 Å².